The van der Waals surface area contributed by atoms with E-state index >= 15 is 0 Å². The fraction of sp³-hybridized carbons (Fsp3) is 0.167. The minimum Gasteiger partial charge on any atom is -0.454 e. The van der Waals surface area contributed by atoms with Crippen LogP contribution in [-0.2, 0) is 17.5 Å². The molecule has 0 aliphatic carbocycles. The van der Waals surface area contributed by atoms with Crippen LogP contribution < -0.4 is 11.5 Å². The van der Waals surface area contributed by atoms with Gasteiger partial charge in [0.05, 0.1) is 11.1 Å². The number of anilines is 2. The van der Waals surface area contributed by atoms with Gasteiger partial charge in [0.15, 0.2) is 12.4 Å². The SMILES string of the molecule is Nc1nc(N)nc(COC(=O)c2cccc(C(F)(F)F)c2)n1. The number of nitrogens with zero attached hydrogens (tertiary/aromatic N) is 3. The predicted octanol–water partition coefficient (Wildman–Crippen LogP) is 1.41. The number of halogens is 3. The third-order valence-electron chi connectivity index (χ3n) is 2.47. The highest BCUT2D eigenvalue weighted by Gasteiger charge is 2.31. The van der Waals surface area contributed by atoms with Gasteiger partial charge in [-0.25, -0.2) is 4.79 Å². The maximum atomic E-state index is 12.6. The van der Waals surface area contributed by atoms with Crippen molar-refractivity contribution >= 4 is 17.9 Å². The van der Waals surface area contributed by atoms with Gasteiger partial charge < -0.3 is 16.2 Å². The van der Waals surface area contributed by atoms with Crippen molar-refractivity contribution in [1.82, 2.24) is 15.0 Å². The number of nitrogens with two attached hydrogens (primary N) is 2. The van der Waals surface area contributed by atoms with Crippen LogP contribution >= 0.6 is 0 Å². The van der Waals surface area contributed by atoms with Crippen LogP contribution in [0, 0.1) is 0 Å². The van der Waals surface area contributed by atoms with Crippen LogP contribution in [0.2, 0.25) is 0 Å². The van der Waals surface area contributed by atoms with Crippen LogP contribution in [0.5, 0.6) is 0 Å². The van der Waals surface area contributed by atoms with Gasteiger partial charge in [0.2, 0.25) is 11.9 Å². The van der Waals surface area contributed by atoms with Gasteiger partial charge in [-0.05, 0) is 18.2 Å². The molecule has 1 aromatic heterocycles. The van der Waals surface area contributed by atoms with Gasteiger partial charge in [-0.2, -0.15) is 28.1 Å². The molecule has 7 nitrogen and oxygen atoms in total. The fourth-order valence-corrected chi connectivity index (χ4v) is 1.56. The Morgan fingerprint density at radius 3 is 2.36 bits per heavy atom. The second kappa shape index (κ2) is 5.84. The van der Waals surface area contributed by atoms with Gasteiger partial charge in [0.1, 0.15) is 0 Å². The summed E-state index contributed by atoms with van der Waals surface area (Å²) in [6, 6.07) is 3.86. The highest BCUT2D eigenvalue weighted by atomic mass is 19.4. The Labute approximate surface area is 122 Å². The van der Waals surface area contributed by atoms with Crippen molar-refractivity contribution in [2.75, 3.05) is 11.5 Å². The van der Waals surface area contributed by atoms with Crippen LogP contribution in [0.4, 0.5) is 25.1 Å². The lowest BCUT2D eigenvalue weighted by molar-refractivity contribution is -0.137. The Morgan fingerprint density at radius 1 is 1.14 bits per heavy atom. The van der Waals surface area contributed by atoms with Crippen molar-refractivity contribution in [3.63, 3.8) is 0 Å². The van der Waals surface area contributed by atoms with Crippen molar-refractivity contribution in [2.24, 2.45) is 0 Å². The summed E-state index contributed by atoms with van der Waals surface area (Å²) in [7, 11) is 0. The number of alkyl halides is 3. The third kappa shape index (κ3) is 3.81. The highest BCUT2D eigenvalue weighted by Crippen LogP contribution is 2.29. The Kier molecular flexibility index (Phi) is 4.11. The molecule has 0 bridgehead atoms. The van der Waals surface area contributed by atoms with Gasteiger partial charge >= 0.3 is 12.1 Å². The Bertz CT molecular complexity index is 685. The summed E-state index contributed by atoms with van der Waals surface area (Å²) < 4.78 is 42.5. The Morgan fingerprint density at radius 2 is 1.77 bits per heavy atom. The molecule has 0 unspecified atom stereocenters. The van der Waals surface area contributed by atoms with Crippen LogP contribution in [-0.4, -0.2) is 20.9 Å². The lowest BCUT2D eigenvalue weighted by Gasteiger charge is -2.08. The maximum Gasteiger partial charge on any atom is 0.416 e. The van der Waals surface area contributed by atoms with E-state index in [1.807, 2.05) is 0 Å². The highest BCUT2D eigenvalue weighted by molar-refractivity contribution is 5.89. The number of ether oxygens (including phenoxy) is 1. The molecule has 0 radical (unpaired) electrons. The number of hydrogen-bond acceptors (Lipinski definition) is 7. The number of carbonyl (C=O) groups excluding carboxylic acids is 1. The van der Waals surface area contributed by atoms with Crippen molar-refractivity contribution in [1.29, 1.82) is 0 Å². The van der Waals surface area contributed by atoms with Crippen molar-refractivity contribution < 1.29 is 22.7 Å². The number of carbonyl (C=O) groups is 1. The summed E-state index contributed by atoms with van der Waals surface area (Å²) in [5.41, 5.74) is 9.48. The molecular formula is C12H10F3N5O2. The molecule has 1 aromatic carbocycles. The molecule has 22 heavy (non-hydrogen) atoms. The first-order valence-corrected chi connectivity index (χ1v) is 5.86. The zero-order valence-corrected chi connectivity index (χ0v) is 11.0. The number of aromatic nitrogens is 3. The summed E-state index contributed by atoms with van der Waals surface area (Å²) >= 11 is 0. The number of hydrogen-bond donors (Lipinski definition) is 2. The molecule has 0 aliphatic rings. The lowest BCUT2D eigenvalue weighted by Crippen LogP contribution is -2.12. The normalized spacial score (nSPS) is 11.2. The molecule has 2 aromatic rings. The molecule has 0 atom stereocenters. The van der Waals surface area contributed by atoms with Crippen LogP contribution in [0.15, 0.2) is 24.3 Å². The van der Waals surface area contributed by atoms with Gasteiger partial charge in [0.25, 0.3) is 0 Å². The standard InChI is InChI=1S/C12H10F3N5O2/c13-12(14,15)7-3-1-2-6(4-7)9(21)22-5-8-18-10(16)20-11(17)19-8/h1-4H,5H2,(H4,16,17,18,19,20). The summed E-state index contributed by atoms with van der Waals surface area (Å²) in [6.07, 6.45) is -4.55. The first-order chi connectivity index (χ1) is 10.3. The second-order valence-electron chi connectivity index (χ2n) is 4.12. The Balaban J connectivity index is 2.09. The van der Waals surface area contributed by atoms with E-state index in [-0.39, 0.29) is 23.3 Å². The molecule has 4 N–H and O–H groups in total. The minimum absolute atomic E-state index is 0.00896. The van der Waals surface area contributed by atoms with Crippen LogP contribution in [0.25, 0.3) is 0 Å². The summed E-state index contributed by atoms with van der Waals surface area (Å²) in [4.78, 5) is 22.6. The molecular weight excluding hydrogens is 303 g/mol. The molecule has 116 valence electrons. The molecule has 0 aliphatic heterocycles. The number of rotatable bonds is 3. The molecule has 0 amide bonds. The van der Waals surface area contributed by atoms with E-state index < -0.39 is 24.3 Å². The zero-order chi connectivity index (χ0) is 16.3. The molecule has 2 rings (SSSR count). The molecule has 0 spiro atoms. The van der Waals surface area contributed by atoms with Crippen LogP contribution in [0.3, 0.4) is 0 Å². The van der Waals surface area contributed by atoms with E-state index in [2.05, 4.69) is 15.0 Å². The van der Waals surface area contributed by atoms with Gasteiger partial charge in [-0.3, -0.25) is 0 Å². The van der Waals surface area contributed by atoms with E-state index in [1.165, 1.54) is 6.07 Å². The average molecular weight is 313 g/mol. The molecule has 0 saturated carbocycles. The van der Waals surface area contributed by atoms with E-state index in [0.29, 0.717) is 6.07 Å². The zero-order valence-electron chi connectivity index (χ0n) is 11.0. The van der Waals surface area contributed by atoms with E-state index in [0.717, 1.165) is 12.1 Å². The lowest BCUT2D eigenvalue weighted by atomic mass is 10.1. The fourth-order valence-electron chi connectivity index (χ4n) is 1.56. The number of esters is 1. The van der Waals surface area contributed by atoms with Crippen molar-refractivity contribution in [3.05, 3.63) is 41.2 Å². The van der Waals surface area contributed by atoms with E-state index in [9.17, 15) is 18.0 Å². The summed E-state index contributed by atoms with van der Waals surface area (Å²) in [5.74, 6) is -1.27. The molecule has 1 heterocycles. The second-order valence-corrected chi connectivity index (χ2v) is 4.12. The Hall–Kier alpha value is -2.91. The van der Waals surface area contributed by atoms with Gasteiger partial charge in [-0.15, -0.1) is 0 Å². The van der Waals surface area contributed by atoms with E-state index in [1.54, 1.807) is 0 Å². The van der Waals surface area contributed by atoms with Gasteiger partial charge in [0, 0.05) is 0 Å². The summed E-state index contributed by atoms with van der Waals surface area (Å²) in [5, 5.41) is 0. The average Bonchev–Trinajstić information content (AvgIpc) is 2.43. The van der Waals surface area contributed by atoms with Gasteiger partial charge in [-0.1, -0.05) is 6.07 Å². The minimum atomic E-state index is -4.55. The van der Waals surface area contributed by atoms with Crippen molar-refractivity contribution in [2.45, 2.75) is 12.8 Å². The number of benzene rings is 1. The topological polar surface area (TPSA) is 117 Å². The molecule has 0 fully saturated rings. The third-order valence-corrected chi connectivity index (χ3v) is 2.47. The quantitative estimate of drug-likeness (QED) is 0.823. The maximum absolute atomic E-state index is 12.6. The monoisotopic (exact) mass is 313 g/mol. The largest absolute Gasteiger partial charge is 0.454 e. The first kappa shape index (κ1) is 15.5. The number of nitrogen functional groups attached to an aromatic ring is 2. The van der Waals surface area contributed by atoms with E-state index in [4.69, 9.17) is 16.2 Å². The summed E-state index contributed by atoms with van der Waals surface area (Å²) in [6.45, 7) is -0.397. The molecule has 10 heteroatoms. The smallest absolute Gasteiger partial charge is 0.416 e. The first-order valence-electron chi connectivity index (χ1n) is 5.86. The van der Waals surface area contributed by atoms with Crippen molar-refractivity contribution in [3.8, 4) is 0 Å². The molecule has 0 saturated heterocycles. The van der Waals surface area contributed by atoms with Crippen LogP contribution in [0.1, 0.15) is 21.7 Å². The predicted molar refractivity (Wildman–Crippen MR) is 69.2 cm³/mol.